The Hall–Kier alpha value is -0.100. The van der Waals surface area contributed by atoms with Gasteiger partial charge in [0.15, 0.2) is 0 Å². The molecule has 0 saturated carbocycles. The number of hydrogen-bond donors (Lipinski definition) is 1. The summed E-state index contributed by atoms with van der Waals surface area (Å²) in [5.41, 5.74) is -1.11. The number of rotatable bonds is 1. The first-order valence-electron chi connectivity index (χ1n) is 1.10. The lowest BCUT2D eigenvalue weighted by Gasteiger charge is -1.76. The largest absolute Gasteiger partial charge is 0.505 e. The van der Waals surface area contributed by atoms with E-state index in [4.69, 9.17) is 11.2 Å². The highest BCUT2D eigenvalue weighted by Crippen LogP contribution is 1.74. The van der Waals surface area contributed by atoms with Crippen molar-refractivity contribution in [3.8, 4) is 0 Å². The van der Waals surface area contributed by atoms with Crippen LogP contribution in [0.1, 0.15) is 0 Å². The quantitative estimate of drug-likeness (QED) is 0.472. The third-order valence-electron chi connectivity index (χ3n) is 0. The highest BCUT2D eigenvalue weighted by molar-refractivity contribution is 7.38. The Morgan fingerprint density at radius 1 is 2.50 bits per heavy atom. The standard InChI is InChI=1S/CH2O2P/c2-1(3)4/h4H,(H,2,3)/q-1/i4T. The van der Waals surface area contributed by atoms with Gasteiger partial charge in [0.1, 0.15) is 5.71 Å². The van der Waals surface area contributed by atoms with E-state index < -0.39 is 5.71 Å². The molecule has 0 rings (SSSR count). The molecule has 4 heavy (non-hydrogen) atoms. The Morgan fingerprint density at radius 3 is 2.75 bits per heavy atom. The van der Waals surface area contributed by atoms with Crippen molar-refractivity contribution in [3.63, 3.8) is 0 Å². The zero-order valence-corrected chi connectivity index (χ0v) is 2.70. The Balaban J connectivity index is 2.85. The summed E-state index contributed by atoms with van der Waals surface area (Å²) in [6.07, 6.45) is 0. The van der Waals surface area contributed by atoms with Crippen molar-refractivity contribution in [1.29, 1.82) is 1.28 Å². The summed E-state index contributed by atoms with van der Waals surface area (Å²) < 4.78 is 6.03. The molecule has 0 unspecified atom stereocenters. The average Bonchev–Trinajstić information content (AvgIpc) is 1.38. The van der Waals surface area contributed by atoms with Gasteiger partial charge in [0, 0.05) is 0 Å². The molecule has 0 radical (unpaired) electrons. The molecule has 0 bridgehead atoms. The zero-order valence-electron chi connectivity index (χ0n) is 2.80. The number of hydrogen-bond acceptors (Lipinski definition) is 1. The van der Waals surface area contributed by atoms with E-state index in [2.05, 4.69) is 0 Å². The summed E-state index contributed by atoms with van der Waals surface area (Å²) in [5, 5.41) is 7.52. The Bertz CT molecular complexity index is 44.9. The fourth-order valence-electron chi connectivity index (χ4n) is 0. The lowest BCUT2D eigenvalue weighted by Crippen LogP contribution is -1.65. The van der Waals surface area contributed by atoms with Gasteiger partial charge >= 0.3 is 0 Å². The van der Waals surface area contributed by atoms with E-state index >= 15 is 0 Å². The fourth-order valence-corrected chi connectivity index (χ4v) is 0. The molecule has 0 amide bonds. The molecule has 2 nitrogen and oxygen atoms in total. The van der Waals surface area contributed by atoms with Crippen molar-refractivity contribution in [3.05, 3.63) is 0 Å². The maximum Gasteiger partial charge on any atom is 0.137 e. The van der Waals surface area contributed by atoms with Crippen molar-refractivity contribution < 1.29 is 9.90 Å². The maximum atomic E-state index is 9.17. The van der Waals surface area contributed by atoms with E-state index in [9.17, 15) is 0 Å². The first-order chi connectivity index (χ1) is 2.27. The van der Waals surface area contributed by atoms with Gasteiger partial charge in [-0.15, -0.1) is 0 Å². The van der Waals surface area contributed by atoms with Gasteiger partial charge in [0.05, 0.1) is 0 Å². The first kappa shape index (κ1) is 2.16. The van der Waals surface area contributed by atoms with Crippen molar-refractivity contribution in [2.24, 2.45) is 0 Å². The minimum Gasteiger partial charge on any atom is -0.505 e. The van der Waals surface area contributed by atoms with Crippen molar-refractivity contribution in [2.45, 2.75) is 0 Å². The summed E-state index contributed by atoms with van der Waals surface area (Å²) >= 11 is 0. The van der Waals surface area contributed by atoms with Gasteiger partial charge in [-0.1, -0.05) is 0 Å². The van der Waals surface area contributed by atoms with Crippen LogP contribution in [0.25, 0.3) is 0 Å². The average molecular weight is 79.0 g/mol. The lowest BCUT2D eigenvalue weighted by molar-refractivity contribution is 0.222. The first-order valence-corrected chi connectivity index (χ1v) is 1.10. The van der Waals surface area contributed by atoms with Crippen LogP contribution in [0.4, 0.5) is 4.79 Å². The van der Waals surface area contributed by atoms with Gasteiger partial charge in [-0.3, -0.25) is 4.79 Å². The summed E-state index contributed by atoms with van der Waals surface area (Å²) in [4.78, 5) is 9.17. The maximum absolute atomic E-state index is 9.17. The molecule has 0 saturated heterocycles. The van der Waals surface area contributed by atoms with E-state index in [1.165, 1.54) is 0 Å². The summed E-state index contributed by atoms with van der Waals surface area (Å²) in [7, 11) is -0.336. The second-order valence-corrected chi connectivity index (χ2v) is 0.665. The summed E-state index contributed by atoms with van der Waals surface area (Å²) in [5.74, 6) is 0. The highest BCUT2D eigenvalue weighted by atomic mass is 31.0. The summed E-state index contributed by atoms with van der Waals surface area (Å²) in [6.45, 7) is 0. The molecule has 0 aliphatic carbocycles. The third-order valence-corrected chi connectivity index (χ3v) is 0. The second-order valence-electron chi connectivity index (χ2n) is 0.283. The predicted molar refractivity (Wildman–Crippen MR) is 16.3 cm³/mol. The van der Waals surface area contributed by atoms with E-state index in [1.807, 2.05) is 0 Å². The van der Waals surface area contributed by atoms with Crippen LogP contribution < -0.4 is 0 Å². The molecule has 0 spiro atoms. The van der Waals surface area contributed by atoms with Crippen LogP contribution in [0.5, 0.6) is 0 Å². The fraction of sp³-hybridized carbons (Fsp3) is 0. The van der Waals surface area contributed by atoms with E-state index in [0.717, 1.165) is 0 Å². The predicted octanol–water partition coefficient (Wildman–Crippen LogP) is 0.807. The molecular formula is CH2O2P-. The van der Waals surface area contributed by atoms with Crippen LogP contribution in [-0.4, -0.2) is 12.1 Å². The van der Waals surface area contributed by atoms with Gasteiger partial charge in [-0.2, -0.15) is 1.28 Å². The van der Waals surface area contributed by atoms with Crippen molar-refractivity contribution in [2.75, 3.05) is 0 Å². The zero-order chi connectivity index (χ0) is 4.28. The molecule has 0 aliphatic rings. The Morgan fingerprint density at radius 2 is 2.75 bits per heavy atom. The van der Waals surface area contributed by atoms with E-state index in [-0.39, 0.29) is 9.18 Å². The molecule has 0 aliphatic heterocycles. The minimum atomic E-state index is -1.11. The molecule has 1 N–H and O–H groups in total. The van der Waals surface area contributed by atoms with Crippen LogP contribution in [-0.2, 0) is 0 Å². The van der Waals surface area contributed by atoms with Crippen molar-refractivity contribution in [1.82, 2.24) is 0 Å². The van der Waals surface area contributed by atoms with Gasteiger partial charge in [-0.25, -0.2) is 0 Å². The smallest absolute Gasteiger partial charge is 0.137 e. The van der Waals surface area contributed by atoms with Gasteiger partial charge in [-0.05, 0) is 0 Å². The van der Waals surface area contributed by atoms with Crippen LogP contribution in [0.2, 0.25) is 0 Å². The van der Waals surface area contributed by atoms with Gasteiger partial charge in [0.2, 0.25) is 0 Å². The normalized spacial score (nSPS) is 12.5. The Kier molecular flexibility index (Phi) is 0.671. The van der Waals surface area contributed by atoms with Crippen molar-refractivity contribution >= 4 is 14.9 Å². The van der Waals surface area contributed by atoms with Crippen LogP contribution >= 0.6 is 9.18 Å². The Labute approximate surface area is 27.3 Å². The molecular weight excluding hydrogens is 75.0 g/mol. The summed E-state index contributed by atoms with van der Waals surface area (Å²) in [6, 6.07) is 0. The molecule has 0 fully saturated rings. The van der Waals surface area contributed by atoms with Gasteiger partial charge in [0.25, 0.3) is 0 Å². The lowest BCUT2D eigenvalue weighted by atomic mass is 11.6. The number of carbonyl (C=O) groups is 1. The molecule has 3 heteroatoms. The molecule has 0 aromatic carbocycles. The topological polar surface area (TPSA) is 37.3 Å². The van der Waals surface area contributed by atoms with Crippen LogP contribution in [0.3, 0.4) is 0 Å². The number of carboxylic acid groups (broad SMARTS) is 1. The van der Waals surface area contributed by atoms with Crippen LogP contribution in [0.15, 0.2) is 0 Å². The van der Waals surface area contributed by atoms with Crippen LogP contribution in [0, 0.1) is 0 Å². The second kappa shape index (κ2) is 1.24. The van der Waals surface area contributed by atoms with Gasteiger partial charge < -0.3 is 14.3 Å². The molecule has 0 aromatic heterocycles. The molecule has 0 heterocycles. The molecule has 0 atom stereocenters. The van der Waals surface area contributed by atoms with E-state index in [0.29, 0.717) is 0 Å². The SMILES string of the molecule is [3H][P-]C(=O)O. The molecule has 0 aromatic rings. The third kappa shape index (κ3) is 154. The van der Waals surface area contributed by atoms with E-state index in [1.54, 1.807) is 0 Å². The minimum absolute atomic E-state index is 0.336. The highest BCUT2D eigenvalue weighted by Gasteiger charge is 1.46. The molecule has 24 valence electrons. The monoisotopic (exact) mass is 79.0 g/mol.